The van der Waals surface area contributed by atoms with Crippen molar-refractivity contribution in [2.75, 3.05) is 0 Å². The summed E-state index contributed by atoms with van der Waals surface area (Å²) in [6, 6.07) is 2.14. The summed E-state index contributed by atoms with van der Waals surface area (Å²) in [5, 5.41) is 0.627. The Hall–Kier alpha value is -0.600. The number of pyridine rings is 1. The Morgan fingerprint density at radius 1 is 1.58 bits per heavy atom. The molecule has 1 atom stereocenters. The molecular weight excluding hydrogens is 172 g/mol. The number of fused-ring (bicyclic) bond motifs is 1. The molecule has 1 aromatic heterocycles. The zero-order valence-electron chi connectivity index (χ0n) is 6.76. The molecule has 0 aromatic carbocycles. The van der Waals surface area contributed by atoms with Crippen LogP contribution in [0.1, 0.15) is 30.0 Å². The summed E-state index contributed by atoms with van der Waals surface area (Å²) in [5.74, 6) is 0. The van der Waals surface area contributed by atoms with Gasteiger partial charge < -0.3 is 5.73 Å². The molecule has 0 radical (unpaired) electrons. The molecule has 0 fully saturated rings. The maximum Gasteiger partial charge on any atom is 0.132 e. The normalized spacial score (nSPS) is 22.0. The summed E-state index contributed by atoms with van der Waals surface area (Å²) in [5.41, 5.74) is 8.26. The van der Waals surface area contributed by atoms with Crippen LogP contribution >= 0.6 is 11.6 Å². The molecule has 0 amide bonds. The quantitative estimate of drug-likeness (QED) is 0.624. The summed E-state index contributed by atoms with van der Waals surface area (Å²) in [6.07, 6.45) is 4.94. The van der Waals surface area contributed by atoms with Crippen LogP contribution in [0, 0.1) is 0 Å². The second kappa shape index (κ2) is 3.04. The average Bonchev–Trinajstić information content (AvgIpc) is 2.07. The summed E-state index contributed by atoms with van der Waals surface area (Å²) in [6.45, 7) is 0. The van der Waals surface area contributed by atoms with Crippen LogP contribution in [0.5, 0.6) is 0 Å². The van der Waals surface area contributed by atoms with Gasteiger partial charge in [0.05, 0.1) is 0 Å². The Labute approximate surface area is 76.7 Å². The predicted octanol–water partition coefficient (Wildman–Crippen LogP) is 2.07. The minimum Gasteiger partial charge on any atom is -0.324 e. The van der Waals surface area contributed by atoms with Crippen LogP contribution in [0.15, 0.2) is 12.3 Å². The van der Waals surface area contributed by atoms with E-state index in [1.54, 1.807) is 6.20 Å². The average molecular weight is 183 g/mol. The molecule has 1 unspecified atom stereocenters. The molecule has 0 spiro atoms. The molecule has 64 valence electrons. The molecular formula is C9H11ClN2. The van der Waals surface area contributed by atoms with E-state index in [9.17, 15) is 0 Å². The summed E-state index contributed by atoms with van der Waals surface area (Å²) < 4.78 is 0. The lowest BCUT2D eigenvalue weighted by Gasteiger charge is -2.21. The zero-order valence-corrected chi connectivity index (χ0v) is 7.51. The van der Waals surface area contributed by atoms with E-state index in [-0.39, 0.29) is 6.04 Å². The van der Waals surface area contributed by atoms with Crippen molar-refractivity contribution in [3.05, 3.63) is 28.5 Å². The standard InChI is InChI=1S/C9H11ClN2/c10-9-7-2-1-3-8(11)6(7)4-5-12-9/h4-5,8H,1-3,11H2. The topological polar surface area (TPSA) is 38.9 Å². The molecule has 12 heavy (non-hydrogen) atoms. The monoisotopic (exact) mass is 182 g/mol. The van der Waals surface area contributed by atoms with E-state index in [0.29, 0.717) is 5.15 Å². The van der Waals surface area contributed by atoms with Gasteiger partial charge in [0.15, 0.2) is 0 Å². The van der Waals surface area contributed by atoms with Gasteiger partial charge in [0.25, 0.3) is 0 Å². The number of aromatic nitrogens is 1. The molecule has 0 saturated heterocycles. The first-order chi connectivity index (χ1) is 5.79. The first kappa shape index (κ1) is 8.02. The van der Waals surface area contributed by atoms with Crippen LogP contribution in [0.3, 0.4) is 0 Å². The van der Waals surface area contributed by atoms with Crippen LogP contribution in [0.2, 0.25) is 5.15 Å². The third-order valence-electron chi connectivity index (χ3n) is 2.38. The van der Waals surface area contributed by atoms with Crippen molar-refractivity contribution < 1.29 is 0 Å². The van der Waals surface area contributed by atoms with E-state index in [1.807, 2.05) is 6.07 Å². The maximum absolute atomic E-state index is 5.94. The van der Waals surface area contributed by atoms with Crippen LogP contribution in [-0.2, 0) is 6.42 Å². The molecule has 0 bridgehead atoms. The van der Waals surface area contributed by atoms with Crippen LogP contribution in [0.4, 0.5) is 0 Å². The van der Waals surface area contributed by atoms with Gasteiger partial charge in [-0.1, -0.05) is 11.6 Å². The third kappa shape index (κ3) is 1.21. The smallest absolute Gasteiger partial charge is 0.132 e. The second-order valence-corrected chi connectivity index (χ2v) is 3.53. The summed E-state index contributed by atoms with van der Waals surface area (Å²) in [4.78, 5) is 4.04. The van der Waals surface area contributed by atoms with Gasteiger partial charge in [-0.25, -0.2) is 4.98 Å². The molecule has 2 N–H and O–H groups in total. The molecule has 3 heteroatoms. The van der Waals surface area contributed by atoms with Crippen molar-refractivity contribution in [3.8, 4) is 0 Å². The predicted molar refractivity (Wildman–Crippen MR) is 49.1 cm³/mol. The fourth-order valence-electron chi connectivity index (χ4n) is 1.73. The lowest BCUT2D eigenvalue weighted by Crippen LogP contribution is -2.17. The highest BCUT2D eigenvalue weighted by Crippen LogP contribution is 2.30. The van der Waals surface area contributed by atoms with E-state index < -0.39 is 0 Å². The highest BCUT2D eigenvalue weighted by Gasteiger charge is 2.18. The third-order valence-corrected chi connectivity index (χ3v) is 2.71. The second-order valence-electron chi connectivity index (χ2n) is 3.17. The zero-order chi connectivity index (χ0) is 8.55. The van der Waals surface area contributed by atoms with Crippen LogP contribution in [0.25, 0.3) is 0 Å². The minimum absolute atomic E-state index is 0.161. The molecule has 0 saturated carbocycles. The van der Waals surface area contributed by atoms with Gasteiger partial charge in [0.2, 0.25) is 0 Å². The molecule has 1 aliphatic carbocycles. The van der Waals surface area contributed by atoms with Crippen molar-refractivity contribution in [1.29, 1.82) is 0 Å². The fraction of sp³-hybridized carbons (Fsp3) is 0.444. The molecule has 2 nitrogen and oxygen atoms in total. The van der Waals surface area contributed by atoms with Gasteiger partial charge in [0, 0.05) is 12.2 Å². The van der Waals surface area contributed by atoms with Gasteiger partial charge >= 0.3 is 0 Å². The maximum atomic E-state index is 5.94. The molecule has 2 rings (SSSR count). The number of nitrogens with zero attached hydrogens (tertiary/aromatic N) is 1. The number of halogens is 1. The first-order valence-electron chi connectivity index (χ1n) is 4.18. The van der Waals surface area contributed by atoms with E-state index in [0.717, 1.165) is 24.8 Å². The van der Waals surface area contributed by atoms with Crippen molar-refractivity contribution in [1.82, 2.24) is 4.98 Å². The van der Waals surface area contributed by atoms with Crippen molar-refractivity contribution >= 4 is 11.6 Å². The molecule has 1 aliphatic rings. The fourth-order valence-corrected chi connectivity index (χ4v) is 1.99. The molecule has 0 aliphatic heterocycles. The van der Waals surface area contributed by atoms with Gasteiger partial charge in [-0.2, -0.15) is 0 Å². The number of rotatable bonds is 0. The lowest BCUT2D eigenvalue weighted by atomic mass is 9.90. The Balaban J connectivity index is 2.52. The Kier molecular flexibility index (Phi) is 2.03. The largest absolute Gasteiger partial charge is 0.324 e. The molecule has 1 aromatic rings. The van der Waals surface area contributed by atoms with Crippen molar-refractivity contribution in [2.24, 2.45) is 5.73 Å². The van der Waals surface area contributed by atoms with Gasteiger partial charge in [-0.3, -0.25) is 0 Å². The Morgan fingerprint density at radius 2 is 2.42 bits per heavy atom. The van der Waals surface area contributed by atoms with Crippen LogP contribution < -0.4 is 5.73 Å². The summed E-state index contributed by atoms with van der Waals surface area (Å²) in [7, 11) is 0. The van der Waals surface area contributed by atoms with E-state index in [4.69, 9.17) is 17.3 Å². The first-order valence-corrected chi connectivity index (χ1v) is 4.55. The number of nitrogens with two attached hydrogens (primary N) is 1. The summed E-state index contributed by atoms with van der Waals surface area (Å²) >= 11 is 5.94. The number of hydrogen-bond acceptors (Lipinski definition) is 2. The highest BCUT2D eigenvalue weighted by atomic mass is 35.5. The van der Waals surface area contributed by atoms with Gasteiger partial charge in [0.1, 0.15) is 5.15 Å². The van der Waals surface area contributed by atoms with Crippen molar-refractivity contribution in [3.63, 3.8) is 0 Å². The Bertz CT molecular complexity index is 299. The SMILES string of the molecule is NC1CCCc2c1ccnc2Cl. The van der Waals surface area contributed by atoms with E-state index in [2.05, 4.69) is 4.98 Å². The van der Waals surface area contributed by atoms with Crippen LogP contribution in [-0.4, -0.2) is 4.98 Å². The highest BCUT2D eigenvalue weighted by molar-refractivity contribution is 6.30. The minimum atomic E-state index is 0.161. The Morgan fingerprint density at radius 3 is 3.17 bits per heavy atom. The van der Waals surface area contributed by atoms with Gasteiger partial charge in [-0.15, -0.1) is 0 Å². The lowest BCUT2D eigenvalue weighted by molar-refractivity contribution is 0.568. The van der Waals surface area contributed by atoms with Crippen molar-refractivity contribution in [2.45, 2.75) is 25.3 Å². The van der Waals surface area contributed by atoms with Gasteiger partial charge in [-0.05, 0) is 36.5 Å². The number of hydrogen-bond donors (Lipinski definition) is 1. The van der Waals surface area contributed by atoms with E-state index >= 15 is 0 Å². The van der Waals surface area contributed by atoms with E-state index in [1.165, 1.54) is 5.56 Å². The molecule has 1 heterocycles.